The third-order valence-corrected chi connectivity index (χ3v) is 9.15. The minimum absolute atomic E-state index is 0.00143. The quantitative estimate of drug-likeness (QED) is 0.266. The van der Waals surface area contributed by atoms with E-state index in [-0.39, 0.29) is 16.2 Å². The van der Waals surface area contributed by atoms with Crippen LogP contribution in [0.2, 0.25) is 0 Å². The Morgan fingerprint density at radius 1 is 0.381 bits per heavy atom. The summed E-state index contributed by atoms with van der Waals surface area (Å²) in [7, 11) is -4.48. The molecule has 0 aromatic heterocycles. The standard InChI is InChI=1S/C38H56O3P/c1-34(2,3)26-20-16-24(17-21-26)28-30(36(7,8)9)29(25-18-22-27(23-19-25)35(4,5)6)32(38(13,14)15)33(42(39,40)41)31(28)37(10,11)12/h16-23,39-41H,1-15H3/q+1. The fourth-order valence-corrected chi connectivity index (χ4v) is 7.59. The molecule has 0 aliphatic rings. The summed E-state index contributed by atoms with van der Waals surface area (Å²) in [6.45, 7) is 32.6. The Labute approximate surface area is 257 Å². The maximum absolute atomic E-state index is 11.3. The van der Waals surface area contributed by atoms with Crippen LogP contribution in [0.25, 0.3) is 22.3 Å². The third kappa shape index (κ3) is 7.02. The Morgan fingerprint density at radius 3 is 0.833 bits per heavy atom. The normalized spacial score (nSPS) is 14.0. The van der Waals surface area contributed by atoms with E-state index in [1.807, 2.05) is 0 Å². The molecule has 0 saturated heterocycles. The van der Waals surface area contributed by atoms with Crippen molar-refractivity contribution >= 4 is 13.2 Å². The van der Waals surface area contributed by atoms with E-state index in [4.69, 9.17) is 0 Å². The van der Waals surface area contributed by atoms with Crippen LogP contribution in [-0.4, -0.2) is 14.7 Å². The predicted octanol–water partition coefficient (Wildman–Crippen LogP) is 9.87. The summed E-state index contributed by atoms with van der Waals surface area (Å²) < 4.78 is 0. The van der Waals surface area contributed by atoms with Crippen molar-refractivity contribution in [3.8, 4) is 22.3 Å². The van der Waals surface area contributed by atoms with E-state index in [1.54, 1.807) is 0 Å². The largest absolute Gasteiger partial charge is 0.441 e. The number of benzene rings is 3. The Kier molecular flexibility index (Phi) is 8.90. The van der Waals surface area contributed by atoms with Crippen molar-refractivity contribution in [3.63, 3.8) is 0 Å². The maximum Gasteiger partial charge on any atom is 0.441 e. The SMILES string of the molecule is CC(C)(C)c1ccc(-c2c(C(C)(C)C)c(-c3ccc(C(C)(C)C)cc3)c(C(C)(C)C)c([P+](O)(O)O)c2C(C)(C)C)cc1. The van der Waals surface area contributed by atoms with Gasteiger partial charge in [0.05, 0.1) is 0 Å². The van der Waals surface area contributed by atoms with Crippen molar-refractivity contribution in [2.45, 2.75) is 131 Å². The van der Waals surface area contributed by atoms with Crippen LogP contribution in [0.3, 0.4) is 0 Å². The number of hydrogen-bond donors (Lipinski definition) is 3. The lowest BCUT2D eigenvalue weighted by molar-refractivity contribution is 0.344. The lowest BCUT2D eigenvalue weighted by Crippen LogP contribution is -2.37. The zero-order valence-corrected chi connectivity index (χ0v) is 29.8. The van der Waals surface area contributed by atoms with Crippen LogP contribution in [0.5, 0.6) is 0 Å². The van der Waals surface area contributed by atoms with Gasteiger partial charge in [-0.3, -0.25) is 0 Å². The molecule has 0 saturated carbocycles. The first kappa shape index (κ1) is 34.5. The molecule has 0 aliphatic carbocycles. The second kappa shape index (κ2) is 10.8. The fourth-order valence-electron chi connectivity index (χ4n) is 6.10. The van der Waals surface area contributed by atoms with Gasteiger partial charge in [0.25, 0.3) is 0 Å². The topological polar surface area (TPSA) is 60.7 Å². The maximum atomic E-state index is 11.3. The van der Waals surface area contributed by atoms with Crippen LogP contribution in [0, 0.1) is 0 Å². The summed E-state index contributed by atoms with van der Waals surface area (Å²) in [4.78, 5) is 34.0. The highest BCUT2D eigenvalue weighted by molar-refractivity contribution is 7.67. The molecule has 3 aromatic carbocycles. The Hall–Kier alpha value is -2.03. The summed E-state index contributed by atoms with van der Waals surface area (Å²) in [5, 5.41) is 0.292. The molecule has 3 nitrogen and oxygen atoms in total. The Bertz CT molecular complexity index is 1320. The van der Waals surface area contributed by atoms with E-state index in [0.717, 1.165) is 38.9 Å². The molecule has 3 rings (SSSR count). The van der Waals surface area contributed by atoms with Gasteiger partial charge in [0, 0.05) is 11.1 Å². The van der Waals surface area contributed by atoms with Gasteiger partial charge in [0.2, 0.25) is 0 Å². The highest BCUT2D eigenvalue weighted by Crippen LogP contribution is 2.56. The van der Waals surface area contributed by atoms with E-state index in [0.29, 0.717) is 5.30 Å². The molecule has 3 N–H and O–H groups in total. The third-order valence-electron chi connectivity index (χ3n) is 8.10. The Balaban J connectivity index is 2.76. The van der Waals surface area contributed by atoms with E-state index in [1.165, 1.54) is 11.1 Å². The van der Waals surface area contributed by atoms with Crippen molar-refractivity contribution in [1.82, 2.24) is 0 Å². The van der Waals surface area contributed by atoms with E-state index < -0.39 is 18.8 Å². The molecular formula is C38H56O3P+. The first-order valence-corrected chi connectivity index (χ1v) is 16.9. The molecule has 4 heteroatoms. The molecular weight excluding hydrogens is 535 g/mol. The highest BCUT2D eigenvalue weighted by Gasteiger charge is 2.49. The molecule has 0 spiro atoms. The summed E-state index contributed by atoms with van der Waals surface area (Å²) in [5.41, 5.74) is 7.92. The van der Waals surface area contributed by atoms with Crippen molar-refractivity contribution in [2.24, 2.45) is 0 Å². The van der Waals surface area contributed by atoms with Crippen LogP contribution < -0.4 is 5.30 Å². The molecule has 0 radical (unpaired) electrons. The van der Waals surface area contributed by atoms with Gasteiger partial charge in [0.15, 0.2) is 5.30 Å². The second-order valence-corrected chi connectivity index (χ2v) is 18.8. The van der Waals surface area contributed by atoms with Gasteiger partial charge in [-0.1, -0.05) is 152 Å². The first-order chi connectivity index (χ1) is 18.7. The summed E-state index contributed by atoms with van der Waals surface area (Å²) in [6, 6.07) is 17.4. The molecule has 0 atom stereocenters. The molecule has 0 aliphatic heterocycles. The number of hydrogen-bond acceptors (Lipinski definition) is 3. The summed E-state index contributed by atoms with van der Waals surface area (Å²) in [5.74, 6) is 0. The van der Waals surface area contributed by atoms with Gasteiger partial charge in [0.1, 0.15) is 0 Å². The minimum Gasteiger partial charge on any atom is -0.189 e. The lowest BCUT2D eigenvalue weighted by atomic mass is 9.66. The van der Waals surface area contributed by atoms with Crippen molar-refractivity contribution in [3.05, 3.63) is 76.3 Å². The van der Waals surface area contributed by atoms with Gasteiger partial charge in [-0.15, -0.1) is 0 Å². The van der Waals surface area contributed by atoms with Crippen LogP contribution >= 0.6 is 7.94 Å². The molecule has 230 valence electrons. The number of rotatable bonds is 3. The average molecular weight is 592 g/mol. The van der Waals surface area contributed by atoms with E-state index in [2.05, 4.69) is 152 Å². The van der Waals surface area contributed by atoms with Crippen LogP contribution in [0.4, 0.5) is 0 Å². The predicted molar refractivity (Wildman–Crippen MR) is 184 cm³/mol. The molecule has 0 unspecified atom stereocenters. The van der Waals surface area contributed by atoms with Crippen molar-refractivity contribution < 1.29 is 14.7 Å². The van der Waals surface area contributed by atoms with Crippen LogP contribution in [0.15, 0.2) is 48.5 Å². The van der Waals surface area contributed by atoms with E-state index >= 15 is 0 Å². The van der Waals surface area contributed by atoms with Gasteiger partial charge in [-0.05, 0) is 66.0 Å². The van der Waals surface area contributed by atoms with Gasteiger partial charge in [-0.25, -0.2) is 0 Å². The molecule has 0 heterocycles. The lowest BCUT2D eigenvalue weighted by Gasteiger charge is -2.39. The first-order valence-electron chi connectivity index (χ1n) is 15.2. The monoisotopic (exact) mass is 591 g/mol. The molecule has 0 amide bonds. The van der Waals surface area contributed by atoms with Crippen molar-refractivity contribution in [2.75, 3.05) is 0 Å². The molecule has 0 bridgehead atoms. The summed E-state index contributed by atoms with van der Waals surface area (Å²) in [6.07, 6.45) is 0. The Morgan fingerprint density at radius 2 is 0.643 bits per heavy atom. The van der Waals surface area contributed by atoms with Gasteiger partial charge in [-0.2, -0.15) is 14.7 Å². The van der Waals surface area contributed by atoms with E-state index in [9.17, 15) is 14.7 Å². The average Bonchev–Trinajstić information content (AvgIpc) is 2.79. The van der Waals surface area contributed by atoms with Gasteiger partial charge >= 0.3 is 7.94 Å². The smallest absolute Gasteiger partial charge is 0.189 e. The van der Waals surface area contributed by atoms with Crippen LogP contribution in [0.1, 0.15) is 132 Å². The second-order valence-electron chi connectivity index (χ2n) is 17.2. The fraction of sp³-hybridized carbons (Fsp3) is 0.526. The zero-order chi connectivity index (χ0) is 32.4. The summed E-state index contributed by atoms with van der Waals surface area (Å²) >= 11 is 0. The minimum atomic E-state index is -4.48. The van der Waals surface area contributed by atoms with Crippen LogP contribution in [-0.2, 0) is 27.1 Å². The van der Waals surface area contributed by atoms with Gasteiger partial charge < -0.3 is 0 Å². The molecule has 42 heavy (non-hydrogen) atoms. The zero-order valence-electron chi connectivity index (χ0n) is 28.9. The molecule has 0 fully saturated rings. The molecule has 3 aromatic rings. The highest BCUT2D eigenvalue weighted by atomic mass is 31.2. The van der Waals surface area contributed by atoms with Crippen molar-refractivity contribution in [1.29, 1.82) is 0 Å².